The molecule has 0 radical (unpaired) electrons. The molecule has 2 rings (SSSR count). The summed E-state index contributed by atoms with van der Waals surface area (Å²) in [6.45, 7) is 2.99. The van der Waals surface area contributed by atoms with Gasteiger partial charge in [-0.05, 0) is 26.0 Å². The van der Waals surface area contributed by atoms with Gasteiger partial charge in [-0.25, -0.2) is 12.8 Å². The number of hydrogen-bond acceptors (Lipinski definition) is 4. The molecular weight excluding hydrogens is 259 g/mol. The quantitative estimate of drug-likeness (QED) is 0.928. The van der Waals surface area contributed by atoms with E-state index in [1.807, 2.05) is 0 Å². The molecule has 2 aromatic rings. The minimum Gasteiger partial charge on any atom is -0.360 e. The molecule has 5 nitrogen and oxygen atoms in total. The second-order valence-electron chi connectivity index (χ2n) is 3.74. The van der Waals surface area contributed by atoms with Crippen molar-refractivity contribution in [3.8, 4) is 0 Å². The smallest absolute Gasteiger partial charge is 0.267 e. The van der Waals surface area contributed by atoms with Crippen LogP contribution in [-0.2, 0) is 10.0 Å². The van der Waals surface area contributed by atoms with E-state index in [1.165, 1.54) is 38.1 Å². The molecule has 96 valence electrons. The number of nitrogens with one attached hydrogen (secondary N) is 1. The minimum atomic E-state index is -3.90. The molecular formula is C11H11FN2O3S. The highest BCUT2D eigenvalue weighted by Gasteiger charge is 2.24. The lowest BCUT2D eigenvalue weighted by Crippen LogP contribution is -2.15. The third-order valence-corrected chi connectivity index (χ3v) is 3.96. The largest absolute Gasteiger partial charge is 0.360 e. The van der Waals surface area contributed by atoms with Gasteiger partial charge in [-0.2, -0.15) is 0 Å². The number of halogens is 1. The normalized spacial score (nSPS) is 11.5. The van der Waals surface area contributed by atoms with Crippen LogP contribution in [0.4, 0.5) is 10.1 Å². The summed E-state index contributed by atoms with van der Waals surface area (Å²) < 4.78 is 44.5. The van der Waals surface area contributed by atoms with Gasteiger partial charge < -0.3 is 4.52 Å². The van der Waals surface area contributed by atoms with Crippen molar-refractivity contribution in [1.29, 1.82) is 0 Å². The van der Waals surface area contributed by atoms with Crippen molar-refractivity contribution in [2.75, 3.05) is 4.72 Å². The molecule has 0 spiro atoms. The van der Waals surface area contributed by atoms with Gasteiger partial charge in [0.2, 0.25) is 0 Å². The molecule has 0 amide bonds. The predicted octanol–water partition coefficient (Wildman–Crippen LogP) is 2.23. The average molecular weight is 270 g/mol. The Kier molecular flexibility index (Phi) is 3.08. The molecule has 1 heterocycles. The summed E-state index contributed by atoms with van der Waals surface area (Å²) >= 11 is 0. The van der Waals surface area contributed by atoms with Crippen LogP contribution >= 0.6 is 0 Å². The van der Waals surface area contributed by atoms with E-state index in [0.29, 0.717) is 0 Å². The lowest BCUT2D eigenvalue weighted by molar-refractivity contribution is 0.390. The number of sulfonamides is 1. The van der Waals surface area contributed by atoms with Gasteiger partial charge in [0.1, 0.15) is 11.5 Å². The molecule has 0 saturated heterocycles. The Bertz CT molecular complexity index is 660. The van der Waals surface area contributed by atoms with E-state index in [4.69, 9.17) is 4.52 Å². The second-order valence-corrected chi connectivity index (χ2v) is 5.36. The Balaban J connectivity index is 2.43. The van der Waals surface area contributed by atoms with Crippen molar-refractivity contribution in [3.63, 3.8) is 0 Å². The topological polar surface area (TPSA) is 72.2 Å². The highest BCUT2D eigenvalue weighted by atomic mass is 32.2. The Labute approximate surface area is 104 Å². The van der Waals surface area contributed by atoms with Crippen LogP contribution in [0.1, 0.15) is 11.5 Å². The molecule has 18 heavy (non-hydrogen) atoms. The molecule has 0 bridgehead atoms. The maximum Gasteiger partial charge on any atom is 0.267 e. The number of aromatic nitrogens is 1. The van der Waals surface area contributed by atoms with Crippen LogP contribution in [0.2, 0.25) is 0 Å². The summed E-state index contributed by atoms with van der Waals surface area (Å²) in [6.07, 6.45) is 0. The first-order valence-corrected chi connectivity index (χ1v) is 6.60. The van der Waals surface area contributed by atoms with E-state index >= 15 is 0 Å². The highest BCUT2D eigenvalue weighted by Crippen LogP contribution is 2.23. The number of nitrogens with zero attached hydrogens (tertiary/aromatic N) is 1. The Morgan fingerprint density at radius 3 is 2.50 bits per heavy atom. The summed E-state index contributed by atoms with van der Waals surface area (Å²) in [5.74, 6) is -0.482. The van der Waals surface area contributed by atoms with Gasteiger partial charge in [-0.3, -0.25) is 4.72 Å². The predicted molar refractivity (Wildman–Crippen MR) is 63.2 cm³/mol. The molecule has 0 atom stereocenters. The second kappa shape index (κ2) is 4.41. The van der Waals surface area contributed by atoms with Crippen molar-refractivity contribution >= 4 is 15.7 Å². The molecule has 7 heteroatoms. The number of para-hydroxylation sites is 1. The van der Waals surface area contributed by atoms with Crippen LogP contribution in [0.15, 0.2) is 33.7 Å². The SMILES string of the molecule is Cc1noc(C)c1S(=O)(=O)Nc1ccccc1F. The van der Waals surface area contributed by atoms with Crippen molar-refractivity contribution in [2.24, 2.45) is 0 Å². The van der Waals surface area contributed by atoms with Crippen LogP contribution in [-0.4, -0.2) is 13.6 Å². The fourth-order valence-corrected chi connectivity index (χ4v) is 3.00. The summed E-state index contributed by atoms with van der Waals surface area (Å²) in [7, 11) is -3.90. The summed E-state index contributed by atoms with van der Waals surface area (Å²) in [5.41, 5.74) is 0.119. The zero-order valence-corrected chi connectivity index (χ0v) is 10.6. The van der Waals surface area contributed by atoms with Crippen LogP contribution in [0.25, 0.3) is 0 Å². The third kappa shape index (κ3) is 2.21. The van der Waals surface area contributed by atoms with Crippen molar-refractivity contribution < 1.29 is 17.3 Å². The van der Waals surface area contributed by atoms with Gasteiger partial charge in [-0.1, -0.05) is 17.3 Å². The maximum atomic E-state index is 13.4. The van der Waals surface area contributed by atoms with Gasteiger partial charge in [-0.15, -0.1) is 0 Å². The minimum absolute atomic E-state index is 0.0641. The van der Waals surface area contributed by atoms with Crippen LogP contribution in [0.5, 0.6) is 0 Å². The monoisotopic (exact) mass is 270 g/mol. The lowest BCUT2D eigenvalue weighted by atomic mass is 10.3. The van der Waals surface area contributed by atoms with Crippen molar-refractivity contribution in [3.05, 3.63) is 41.5 Å². The van der Waals surface area contributed by atoms with E-state index in [-0.39, 0.29) is 22.0 Å². The van der Waals surface area contributed by atoms with Gasteiger partial charge in [0.15, 0.2) is 10.7 Å². The first-order chi connectivity index (χ1) is 8.42. The molecule has 0 aliphatic carbocycles. The zero-order chi connectivity index (χ0) is 13.3. The molecule has 0 unspecified atom stereocenters. The number of hydrogen-bond donors (Lipinski definition) is 1. The molecule has 1 aromatic carbocycles. The third-order valence-electron chi connectivity index (χ3n) is 2.35. The van der Waals surface area contributed by atoms with Crippen molar-refractivity contribution in [1.82, 2.24) is 5.16 Å². The van der Waals surface area contributed by atoms with Crippen molar-refractivity contribution in [2.45, 2.75) is 18.7 Å². The summed E-state index contributed by atoms with van der Waals surface area (Å²) in [4.78, 5) is -0.0641. The highest BCUT2D eigenvalue weighted by molar-refractivity contribution is 7.92. The van der Waals surface area contributed by atoms with E-state index in [9.17, 15) is 12.8 Å². The fourth-order valence-electron chi connectivity index (χ4n) is 1.60. The number of benzene rings is 1. The van der Waals surface area contributed by atoms with Gasteiger partial charge in [0, 0.05) is 0 Å². The fraction of sp³-hybridized carbons (Fsp3) is 0.182. The number of aryl methyl sites for hydroxylation is 2. The van der Waals surface area contributed by atoms with E-state index in [2.05, 4.69) is 9.88 Å². The standard InChI is InChI=1S/C11H11FN2O3S/c1-7-11(8(2)17-13-7)18(15,16)14-10-6-4-3-5-9(10)12/h3-6,14H,1-2H3. The summed E-state index contributed by atoms with van der Waals surface area (Å²) in [5, 5.41) is 3.56. The van der Waals surface area contributed by atoms with Crippen LogP contribution in [0, 0.1) is 19.7 Å². The molecule has 0 aliphatic rings. The number of anilines is 1. The first-order valence-electron chi connectivity index (χ1n) is 5.12. The van der Waals surface area contributed by atoms with E-state index in [1.54, 1.807) is 0 Å². The molecule has 0 aliphatic heterocycles. The van der Waals surface area contributed by atoms with Gasteiger partial charge >= 0.3 is 0 Å². The molecule has 1 N–H and O–H groups in total. The maximum absolute atomic E-state index is 13.4. The Morgan fingerprint density at radius 1 is 1.28 bits per heavy atom. The number of rotatable bonds is 3. The van der Waals surface area contributed by atoms with Gasteiger partial charge in [0.25, 0.3) is 10.0 Å². The average Bonchev–Trinajstić information content (AvgIpc) is 2.62. The van der Waals surface area contributed by atoms with E-state index < -0.39 is 15.8 Å². The zero-order valence-electron chi connectivity index (χ0n) is 9.77. The Hall–Kier alpha value is -1.89. The Morgan fingerprint density at radius 2 is 1.94 bits per heavy atom. The first kappa shape index (κ1) is 12.6. The lowest BCUT2D eigenvalue weighted by Gasteiger charge is -2.07. The van der Waals surface area contributed by atoms with Crippen LogP contribution in [0.3, 0.4) is 0 Å². The molecule has 0 saturated carbocycles. The molecule has 0 fully saturated rings. The van der Waals surface area contributed by atoms with Gasteiger partial charge in [0.05, 0.1) is 5.69 Å². The van der Waals surface area contributed by atoms with E-state index in [0.717, 1.165) is 0 Å². The van der Waals surface area contributed by atoms with Crippen LogP contribution < -0.4 is 4.72 Å². The summed E-state index contributed by atoms with van der Waals surface area (Å²) in [6, 6.07) is 5.52. The molecule has 1 aromatic heterocycles.